The van der Waals surface area contributed by atoms with Gasteiger partial charge in [-0.2, -0.15) is 0 Å². The number of benzene rings is 2. The number of piperazine rings is 1. The van der Waals surface area contributed by atoms with Crippen LogP contribution < -0.4 is 9.64 Å². The summed E-state index contributed by atoms with van der Waals surface area (Å²) in [6.07, 6.45) is 0.579. The maximum Gasteiger partial charge on any atom is 0.223 e. The lowest BCUT2D eigenvalue weighted by atomic mass is 10.2. The maximum absolute atomic E-state index is 12.7. The van der Waals surface area contributed by atoms with Gasteiger partial charge in [-0.25, -0.2) is 0 Å². The third-order valence-corrected chi connectivity index (χ3v) is 5.40. The zero-order valence-corrected chi connectivity index (χ0v) is 17.0. The van der Waals surface area contributed by atoms with Crippen LogP contribution in [0, 0.1) is 0 Å². The van der Waals surface area contributed by atoms with E-state index in [1.807, 2.05) is 29.2 Å². The van der Waals surface area contributed by atoms with E-state index in [0.717, 1.165) is 57.3 Å². The maximum atomic E-state index is 12.7. The van der Waals surface area contributed by atoms with Crippen molar-refractivity contribution in [1.29, 1.82) is 0 Å². The Kier molecular flexibility index (Phi) is 7.31. The zero-order valence-electron chi connectivity index (χ0n) is 17.0. The van der Waals surface area contributed by atoms with Crippen LogP contribution in [0.5, 0.6) is 5.75 Å². The van der Waals surface area contributed by atoms with Crippen LogP contribution in [0.4, 0.5) is 5.69 Å². The monoisotopic (exact) mass is 381 g/mol. The van der Waals surface area contributed by atoms with Crippen molar-refractivity contribution < 1.29 is 9.53 Å². The summed E-state index contributed by atoms with van der Waals surface area (Å²) in [5, 5.41) is 0. The van der Waals surface area contributed by atoms with Gasteiger partial charge in [-0.15, -0.1) is 0 Å². The molecule has 0 unspecified atom stereocenters. The molecule has 1 saturated heterocycles. The fourth-order valence-electron chi connectivity index (χ4n) is 3.69. The Hall–Kier alpha value is -2.53. The van der Waals surface area contributed by atoms with Crippen molar-refractivity contribution in [2.75, 3.05) is 51.3 Å². The largest absolute Gasteiger partial charge is 0.495 e. The zero-order chi connectivity index (χ0) is 19.8. The summed E-state index contributed by atoms with van der Waals surface area (Å²) >= 11 is 0. The molecule has 28 heavy (non-hydrogen) atoms. The molecule has 5 heteroatoms. The standard InChI is InChI=1S/C23H31N3O2/c1-3-24(19-20-9-5-4-6-10-20)14-13-23(27)26-17-15-25(16-18-26)21-11-7-8-12-22(21)28-2/h4-12H,3,13-19H2,1-2H3. The van der Waals surface area contributed by atoms with Gasteiger partial charge in [-0.3, -0.25) is 9.69 Å². The van der Waals surface area contributed by atoms with Crippen LogP contribution >= 0.6 is 0 Å². The molecule has 1 aliphatic rings. The molecule has 150 valence electrons. The van der Waals surface area contributed by atoms with E-state index in [-0.39, 0.29) is 5.91 Å². The lowest BCUT2D eigenvalue weighted by Crippen LogP contribution is -2.49. The summed E-state index contributed by atoms with van der Waals surface area (Å²) in [5.74, 6) is 1.15. The molecule has 0 spiro atoms. The molecule has 0 saturated carbocycles. The van der Waals surface area contributed by atoms with Gasteiger partial charge in [-0.1, -0.05) is 49.4 Å². The van der Waals surface area contributed by atoms with Gasteiger partial charge < -0.3 is 14.5 Å². The molecule has 1 aliphatic heterocycles. The van der Waals surface area contributed by atoms with Crippen LogP contribution in [0.1, 0.15) is 18.9 Å². The lowest BCUT2D eigenvalue weighted by Gasteiger charge is -2.37. The number of carbonyl (C=O) groups excluding carboxylic acids is 1. The lowest BCUT2D eigenvalue weighted by molar-refractivity contribution is -0.131. The van der Waals surface area contributed by atoms with Gasteiger partial charge in [0, 0.05) is 45.7 Å². The molecule has 0 N–H and O–H groups in total. The smallest absolute Gasteiger partial charge is 0.223 e. The predicted octanol–water partition coefficient (Wildman–Crippen LogP) is 3.26. The molecular weight excluding hydrogens is 350 g/mol. The van der Waals surface area contributed by atoms with Gasteiger partial charge in [0.1, 0.15) is 5.75 Å². The summed E-state index contributed by atoms with van der Waals surface area (Å²) in [6.45, 7) is 8.01. The van der Waals surface area contributed by atoms with Crippen molar-refractivity contribution in [3.63, 3.8) is 0 Å². The van der Waals surface area contributed by atoms with E-state index in [4.69, 9.17) is 4.74 Å². The SMILES string of the molecule is CCN(CCC(=O)N1CCN(c2ccccc2OC)CC1)Cc1ccccc1. The van der Waals surface area contributed by atoms with Gasteiger partial charge >= 0.3 is 0 Å². The Balaban J connectivity index is 1.47. The number of nitrogens with zero attached hydrogens (tertiary/aromatic N) is 3. The molecule has 0 atom stereocenters. The van der Waals surface area contributed by atoms with E-state index in [9.17, 15) is 4.79 Å². The molecule has 0 aliphatic carbocycles. The van der Waals surface area contributed by atoms with E-state index in [1.165, 1.54) is 5.56 Å². The third kappa shape index (κ3) is 5.26. The summed E-state index contributed by atoms with van der Waals surface area (Å²) in [6, 6.07) is 18.5. The summed E-state index contributed by atoms with van der Waals surface area (Å²) in [4.78, 5) is 19.3. The van der Waals surface area contributed by atoms with Crippen LogP contribution in [-0.4, -0.2) is 62.1 Å². The summed E-state index contributed by atoms with van der Waals surface area (Å²) in [7, 11) is 1.70. The number of amides is 1. The molecule has 0 radical (unpaired) electrons. The number of anilines is 1. The molecule has 1 heterocycles. The number of methoxy groups -OCH3 is 1. The Morgan fingerprint density at radius 2 is 1.68 bits per heavy atom. The highest BCUT2D eigenvalue weighted by atomic mass is 16.5. The fourth-order valence-corrected chi connectivity index (χ4v) is 3.69. The van der Waals surface area contributed by atoms with E-state index >= 15 is 0 Å². The van der Waals surface area contributed by atoms with Crippen LogP contribution in [0.25, 0.3) is 0 Å². The van der Waals surface area contributed by atoms with E-state index in [2.05, 4.69) is 47.1 Å². The molecular formula is C23H31N3O2. The summed E-state index contributed by atoms with van der Waals surface area (Å²) in [5.41, 5.74) is 2.40. The highest BCUT2D eigenvalue weighted by Gasteiger charge is 2.23. The topological polar surface area (TPSA) is 36.0 Å². The average Bonchev–Trinajstić information content (AvgIpc) is 2.77. The first-order chi connectivity index (χ1) is 13.7. The second-order valence-corrected chi connectivity index (χ2v) is 7.14. The Morgan fingerprint density at radius 3 is 2.36 bits per heavy atom. The fraction of sp³-hybridized carbons (Fsp3) is 0.435. The first-order valence-electron chi connectivity index (χ1n) is 10.1. The van der Waals surface area contributed by atoms with Crippen LogP contribution in [-0.2, 0) is 11.3 Å². The molecule has 5 nitrogen and oxygen atoms in total. The number of hydrogen-bond donors (Lipinski definition) is 0. The molecule has 1 amide bonds. The van der Waals surface area contributed by atoms with Gasteiger partial charge in [0.25, 0.3) is 0 Å². The highest BCUT2D eigenvalue weighted by Crippen LogP contribution is 2.28. The Labute approximate surface area is 168 Å². The third-order valence-electron chi connectivity index (χ3n) is 5.40. The van der Waals surface area contributed by atoms with Crippen molar-refractivity contribution in [2.24, 2.45) is 0 Å². The minimum absolute atomic E-state index is 0.256. The highest BCUT2D eigenvalue weighted by molar-refractivity contribution is 5.76. The van der Waals surface area contributed by atoms with Gasteiger partial charge in [0.05, 0.1) is 12.8 Å². The van der Waals surface area contributed by atoms with Gasteiger partial charge in [-0.05, 0) is 24.2 Å². The second-order valence-electron chi connectivity index (χ2n) is 7.14. The van der Waals surface area contributed by atoms with Crippen LogP contribution in [0.15, 0.2) is 54.6 Å². The van der Waals surface area contributed by atoms with Gasteiger partial charge in [0.15, 0.2) is 0 Å². The van der Waals surface area contributed by atoms with Crippen LogP contribution in [0.3, 0.4) is 0 Å². The molecule has 0 aromatic heterocycles. The minimum atomic E-state index is 0.256. The van der Waals surface area contributed by atoms with Gasteiger partial charge in [0.2, 0.25) is 5.91 Å². The summed E-state index contributed by atoms with van der Waals surface area (Å²) < 4.78 is 5.47. The molecule has 2 aromatic carbocycles. The second kappa shape index (κ2) is 10.1. The molecule has 1 fully saturated rings. The molecule has 2 aromatic rings. The van der Waals surface area contributed by atoms with Crippen molar-refractivity contribution in [2.45, 2.75) is 19.9 Å². The first-order valence-corrected chi connectivity index (χ1v) is 10.1. The van der Waals surface area contributed by atoms with Crippen molar-refractivity contribution in [1.82, 2.24) is 9.80 Å². The normalized spacial score (nSPS) is 14.4. The molecule has 3 rings (SSSR count). The Bertz CT molecular complexity index is 743. The van der Waals surface area contributed by atoms with Crippen LogP contribution in [0.2, 0.25) is 0 Å². The number of rotatable bonds is 8. The predicted molar refractivity (Wildman–Crippen MR) is 114 cm³/mol. The van der Waals surface area contributed by atoms with E-state index in [1.54, 1.807) is 7.11 Å². The minimum Gasteiger partial charge on any atom is -0.495 e. The van der Waals surface area contributed by atoms with Crippen molar-refractivity contribution in [3.05, 3.63) is 60.2 Å². The number of hydrogen-bond acceptors (Lipinski definition) is 4. The number of ether oxygens (including phenoxy) is 1. The number of para-hydroxylation sites is 2. The average molecular weight is 382 g/mol. The van der Waals surface area contributed by atoms with E-state index < -0.39 is 0 Å². The first kappa shape index (κ1) is 20.2. The van der Waals surface area contributed by atoms with Crippen molar-refractivity contribution in [3.8, 4) is 5.75 Å². The quantitative estimate of drug-likeness (QED) is 0.703. The van der Waals surface area contributed by atoms with Crippen molar-refractivity contribution >= 4 is 11.6 Å². The number of carbonyl (C=O) groups is 1. The Morgan fingerprint density at radius 1 is 1.00 bits per heavy atom. The van der Waals surface area contributed by atoms with E-state index in [0.29, 0.717) is 6.42 Å². The molecule has 0 bridgehead atoms.